The van der Waals surface area contributed by atoms with Crippen molar-refractivity contribution in [3.8, 4) is 23.0 Å². The summed E-state index contributed by atoms with van der Waals surface area (Å²) in [7, 11) is 9.43. The number of carbonyl (C=O) groups is 5. The fourth-order valence-electron chi connectivity index (χ4n) is 13.2. The van der Waals surface area contributed by atoms with Crippen LogP contribution in [0.4, 0.5) is 17.6 Å². The first-order valence-corrected chi connectivity index (χ1v) is 38.3. The predicted octanol–water partition coefficient (Wildman–Crippen LogP) is 13.3. The Labute approximate surface area is 688 Å². The lowest BCUT2D eigenvalue weighted by Gasteiger charge is -2.26. The molecule has 0 aliphatic carbocycles. The number of aromatic nitrogens is 8. The van der Waals surface area contributed by atoms with Gasteiger partial charge in [-0.1, -0.05) is 103 Å². The molecule has 26 nitrogen and oxygen atoms in total. The van der Waals surface area contributed by atoms with E-state index in [1.807, 2.05) is 54.7 Å². The molecule has 0 spiro atoms. The summed E-state index contributed by atoms with van der Waals surface area (Å²) in [6.07, 6.45) is 14.6. The van der Waals surface area contributed by atoms with Crippen molar-refractivity contribution in [2.45, 2.75) is 6.04 Å². The summed E-state index contributed by atoms with van der Waals surface area (Å²) in [5, 5.41) is 39.9. The molecule has 9 N–H and O–H groups in total. The zero-order chi connectivity index (χ0) is 84.6. The minimum absolute atomic E-state index is 0.224. The summed E-state index contributed by atoms with van der Waals surface area (Å²) < 4.78 is 86.5. The zero-order valence-electron chi connectivity index (χ0n) is 66.6. The molecule has 5 amide bonds. The fraction of sp³-hybridized carbons (Fsp3) is 0.211. The highest BCUT2D eigenvalue weighted by Crippen LogP contribution is 2.37. The van der Waals surface area contributed by atoms with E-state index >= 15 is 0 Å². The van der Waals surface area contributed by atoms with E-state index in [0.29, 0.717) is 127 Å². The molecule has 2 saturated heterocycles. The minimum atomic E-state index is -0.860. The van der Waals surface area contributed by atoms with E-state index in [9.17, 15) is 41.5 Å². The van der Waals surface area contributed by atoms with E-state index in [2.05, 4.69) is 66.5 Å². The third-order valence-corrected chi connectivity index (χ3v) is 19.5. The van der Waals surface area contributed by atoms with Crippen LogP contribution in [-0.2, 0) is 14.3 Å². The van der Waals surface area contributed by atoms with Gasteiger partial charge < -0.3 is 55.0 Å². The molecule has 120 heavy (non-hydrogen) atoms. The van der Waals surface area contributed by atoms with Crippen molar-refractivity contribution in [3.63, 3.8) is 0 Å². The summed E-state index contributed by atoms with van der Waals surface area (Å²) in [6.45, 7) is 8.62. The third-order valence-electron chi connectivity index (χ3n) is 19.5. The number of morpholine rings is 2. The van der Waals surface area contributed by atoms with Crippen LogP contribution in [0.1, 0.15) is 98.1 Å². The number of nitrogens with one attached hydrogen (secondary N) is 7. The van der Waals surface area contributed by atoms with Crippen LogP contribution in [0.3, 0.4) is 0 Å². The first-order valence-electron chi connectivity index (χ1n) is 38.3. The molecule has 0 unspecified atom stereocenters. The van der Waals surface area contributed by atoms with Crippen molar-refractivity contribution in [2.75, 3.05) is 121 Å². The number of carbonyl (C=O) groups excluding carboxylic acids is 5. The number of primary amides is 1. The van der Waals surface area contributed by atoms with Crippen LogP contribution in [0.25, 0.3) is 92.2 Å². The molecule has 9 aromatic carbocycles. The molecule has 2 aliphatic heterocycles. The van der Waals surface area contributed by atoms with Gasteiger partial charge in [-0.15, -0.1) is 0 Å². The summed E-state index contributed by atoms with van der Waals surface area (Å²) in [6, 6.07) is 46.4. The molecular formula is C90H89F4N15O11. The monoisotopic (exact) mass is 1630 g/mol. The number of ether oxygens (including phenoxy) is 6. The van der Waals surface area contributed by atoms with E-state index in [1.165, 1.54) is 67.7 Å². The van der Waals surface area contributed by atoms with Gasteiger partial charge in [0.1, 0.15) is 65.5 Å². The van der Waals surface area contributed by atoms with Crippen LogP contribution in [-0.4, -0.2) is 206 Å². The molecule has 30 heteroatoms. The quantitative estimate of drug-likeness (QED) is 0.0246. The van der Waals surface area contributed by atoms with Crippen LogP contribution >= 0.6 is 0 Å². The first kappa shape index (κ1) is 85.3. The Bertz CT molecular complexity index is 5840. The number of hydrogen-bond donors (Lipinski definition) is 8. The summed E-state index contributed by atoms with van der Waals surface area (Å²) in [4.78, 5) is 68.7. The molecule has 6 heterocycles. The number of hydrogen-bond acceptors (Lipinski definition) is 17. The zero-order valence-corrected chi connectivity index (χ0v) is 66.6. The van der Waals surface area contributed by atoms with Gasteiger partial charge in [0.2, 0.25) is 5.91 Å². The highest BCUT2D eigenvalue weighted by molar-refractivity contribution is 6.09. The maximum Gasteiger partial charge on any atom is 0.255 e. The third kappa shape index (κ3) is 21.6. The van der Waals surface area contributed by atoms with E-state index in [1.54, 1.807) is 150 Å². The highest BCUT2D eigenvalue weighted by Gasteiger charge is 2.29. The average Bonchev–Trinajstić information content (AvgIpc) is 1.61. The molecule has 0 radical (unpaired) electrons. The van der Waals surface area contributed by atoms with Gasteiger partial charge in [0.05, 0.1) is 129 Å². The van der Waals surface area contributed by atoms with Crippen LogP contribution in [0.5, 0.6) is 23.0 Å². The molecule has 2 aliphatic rings. The maximum atomic E-state index is 13.4. The molecular weight excluding hydrogens is 1540 g/mol. The Morgan fingerprint density at radius 2 is 0.742 bits per heavy atom. The number of likely N-dealkylation sites (N-methyl/N-ethyl adjacent to an activating group) is 1. The van der Waals surface area contributed by atoms with Crippen molar-refractivity contribution >= 4 is 122 Å². The largest absolute Gasteiger partial charge is 0.495 e. The Balaban J connectivity index is 0.000000148. The van der Waals surface area contributed by atoms with Crippen LogP contribution in [0.2, 0.25) is 0 Å². The molecule has 0 bridgehead atoms. The molecule has 4 aromatic heterocycles. The number of H-pyrrole nitrogens is 4. The lowest BCUT2D eigenvalue weighted by molar-refractivity contribution is -0.130. The lowest BCUT2D eigenvalue weighted by atomic mass is 10.0. The van der Waals surface area contributed by atoms with Gasteiger partial charge in [-0.05, 0) is 149 Å². The van der Waals surface area contributed by atoms with Crippen LogP contribution < -0.4 is 40.6 Å². The standard InChI is InChI=1S/C27H25FN4O3.C23H25FN4O3.C22H23FN4O3.C18H16FN3O2/c1-32(2)27(34)24(18-7-5-4-6-8-18)29-26(33)20-14-16-22-23(25(20)35-3)21(30-31-22)15-11-17-9-12-19(28)13-10-17;1-25-23(29)18-7-9-20-21(22(18)31-15-12-28-10-13-30-14-11-28)19(26-27-20)8-4-16-2-5-17(24)6-3-16;23-16-4-1-15(2-5-16)3-7-18-20-19(26-25-18)8-6-17(22(24)28)21(20)30-14-11-27-9-12-29-13-10-27;1-20-18(23)13-8-10-15-16(17(13)24-2)14(21-22-15)9-5-11-3-6-12(19)7-4-11/h4-16,24H,1-3H3,(H,29,33)(H,30,31);2-9H,10-15H2,1H3,(H,25,29)(H,26,27);1-8H,9-14H2,(H2,24,28)(H,25,26);3-10H,1-2H3,(H,20,23)(H,21,22)/b15-11+;8-4+;7-3+;9-5+/t24-;;;/m0.../s1. The van der Waals surface area contributed by atoms with Gasteiger partial charge >= 0.3 is 0 Å². The normalized spacial score (nSPS) is 13.3. The van der Waals surface area contributed by atoms with Crippen LogP contribution in [0.15, 0.2) is 176 Å². The molecule has 2 fully saturated rings. The number of nitrogens with two attached hydrogens (primary N) is 1. The van der Waals surface area contributed by atoms with Crippen molar-refractivity contribution in [3.05, 3.63) is 272 Å². The topological polar surface area (TPSA) is 327 Å². The second-order valence-corrected chi connectivity index (χ2v) is 27.5. The molecule has 0 saturated carbocycles. The number of amides is 5. The van der Waals surface area contributed by atoms with Crippen molar-refractivity contribution in [1.82, 2.24) is 71.4 Å². The number of halogens is 4. The van der Waals surface area contributed by atoms with Gasteiger partial charge in [-0.3, -0.25) is 54.2 Å². The van der Waals surface area contributed by atoms with Crippen molar-refractivity contribution < 1.29 is 70.0 Å². The second kappa shape index (κ2) is 41.2. The Morgan fingerprint density at radius 3 is 1.06 bits per heavy atom. The Morgan fingerprint density at radius 1 is 0.433 bits per heavy atom. The van der Waals surface area contributed by atoms with Gasteiger partial charge in [-0.25, -0.2) is 17.6 Å². The van der Waals surface area contributed by atoms with Gasteiger partial charge in [-0.2, -0.15) is 20.4 Å². The summed E-state index contributed by atoms with van der Waals surface area (Å²) >= 11 is 0. The van der Waals surface area contributed by atoms with E-state index in [4.69, 9.17) is 34.2 Å². The Kier molecular flexibility index (Phi) is 29.3. The highest BCUT2D eigenvalue weighted by atomic mass is 19.1. The average molecular weight is 1630 g/mol. The van der Waals surface area contributed by atoms with Gasteiger partial charge in [0.15, 0.2) is 0 Å². The fourth-order valence-corrected chi connectivity index (χ4v) is 13.2. The predicted molar refractivity (Wildman–Crippen MR) is 455 cm³/mol. The number of fused-ring (bicyclic) bond motifs is 4. The molecule has 13 aromatic rings. The summed E-state index contributed by atoms with van der Waals surface area (Å²) in [5.74, 6) is -1.19. The minimum Gasteiger partial charge on any atom is -0.495 e. The van der Waals surface area contributed by atoms with E-state index in [-0.39, 0.29) is 46.6 Å². The van der Waals surface area contributed by atoms with Gasteiger partial charge in [0.25, 0.3) is 23.6 Å². The van der Waals surface area contributed by atoms with E-state index < -0.39 is 17.9 Å². The molecule has 15 rings (SSSR count). The van der Waals surface area contributed by atoms with Crippen LogP contribution in [0, 0.1) is 23.3 Å². The van der Waals surface area contributed by atoms with Crippen molar-refractivity contribution in [2.24, 2.45) is 5.73 Å². The smallest absolute Gasteiger partial charge is 0.255 e. The number of benzene rings is 9. The number of methoxy groups -OCH3 is 2. The van der Waals surface area contributed by atoms with E-state index in [0.717, 1.165) is 85.5 Å². The van der Waals surface area contributed by atoms with Crippen molar-refractivity contribution in [1.29, 1.82) is 0 Å². The molecule has 1 atom stereocenters. The lowest BCUT2D eigenvalue weighted by Crippen LogP contribution is -2.40. The maximum absolute atomic E-state index is 13.4. The van der Waals surface area contributed by atoms with Gasteiger partial charge in [0, 0.05) is 67.5 Å². The number of rotatable bonds is 25. The first-order chi connectivity index (χ1) is 58.3. The number of aromatic amines is 4. The Hall–Kier alpha value is -14.1. The second-order valence-electron chi connectivity index (χ2n) is 27.5. The number of nitrogens with zero attached hydrogens (tertiary/aromatic N) is 7. The SMILES string of the molecule is CNC(=O)c1ccc2n[nH]c(/C=C/c3ccc(F)cc3)c2c1OC.CNC(=O)c1ccc2n[nH]c(/C=C/c3ccc(F)cc3)c2c1OCCN1CCOCC1.COc1c(C(=O)N[C@H](C(=O)N(C)C)c2ccccc2)ccc2n[nH]c(/C=C/c3ccc(F)cc3)c12.NC(=O)c1ccc2n[nH]c(/C=C/c3ccc(F)cc3)c2c1OCCN1CCOCC1. The summed E-state index contributed by atoms with van der Waals surface area (Å²) in [5.41, 5.74) is 16.5. The molecule has 618 valence electrons.